The Hall–Kier alpha value is -2.55. The molecule has 106 valence electrons. The zero-order valence-electron chi connectivity index (χ0n) is 11.9. The summed E-state index contributed by atoms with van der Waals surface area (Å²) in [5, 5.41) is 2.74. The zero-order valence-corrected chi connectivity index (χ0v) is 11.9. The van der Waals surface area contributed by atoms with E-state index in [2.05, 4.69) is 24.0 Å². The molecule has 0 radical (unpaired) electrons. The standard InChI is InChI=1S/C18H17NO2/c1-3-12(2)19-18(20)21-17-15-10-6-4-8-13(15)14-9-5-7-11-16(14)17/h3-12,17H,1H2,2H3,(H,19,20). The van der Waals surface area contributed by atoms with Gasteiger partial charge in [-0.15, -0.1) is 6.58 Å². The number of rotatable bonds is 3. The Balaban J connectivity index is 1.92. The lowest BCUT2D eigenvalue weighted by Gasteiger charge is -2.17. The Morgan fingerprint density at radius 2 is 1.67 bits per heavy atom. The van der Waals surface area contributed by atoms with Crippen LogP contribution in [0.3, 0.4) is 0 Å². The van der Waals surface area contributed by atoms with Crippen LogP contribution in [0.15, 0.2) is 61.2 Å². The molecule has 0 heterocycles. The van der Waals surface area contributed by atoms with Crippen molar-refractivity contribution in [2.45, 2.75) is 19.1 Å². The predicted octanol–water partition coefficient (Wildman–Crippen LogP) is 4.06. The molecule has 1 amide bonds. The minimum absolute atomic E-state index is 0.121. The number of ether oxygens (including phenoxy) is 1. The number of nitrogens with one attached hydrogen (secondary N) is 1. The number of alkyl carbamates (subject to hydrolysis) is 1. The smallest absolute Gasteiger partial charge is 0.408 e. The summed E-state index contributed by atoms with van der Waals surface area (Å²) in [4.78, 5) is 12.0. The molecule has 0 spiro atoms. The molecule has 0 fully saturated rings. The average Bonchev–Trinajstić information content (AvgIpc) is 2.82. The molecular weight excluding hydrogens is 262 g/mol. The van der Waals surface area contributed by atoms with Gasteiger partial charge in [-0.2, -0.15) is 0 Å². The van der Waals surface area contributed by atoms with Crippen molar-refractivity contribution >= 4 is 6.09 Å². The van der Waals surface area contributed by atoms with Crippen molar-refractivity contribution in [1.82, 2.24) is 5.32 Å². The van der Waals surface area contributed by atoms with Gasteiger partial charge in [-0.25, -0.2) is 4.79 Å². The lowest BCUT2D eigenvalue weighted by molar-refractivity contribution is 0.117. The van der Waals surface area contributed by atoms with Crippen LogP contribution in [-0.4, -0.2) is 12.1 Å². The Labute approximate surface area is 124 Å². The maximum atomic E-state index is 12.0. The molecular formula is C18H17NO2. The largest absolute Gasteiger partial charge is 0.436 e. The monoisotopic (exact) mass is 279 g/mol. The Kier molecular flexibility index (Phi) is 3.48. The maximum Gasteiger partial charge on any atom is 0.408 e. The van der Waals surface area contributed by atoms with Gasteiger partial charge in [-0.05, 0) is 18.1 Å². The Bertz CT molecular complexity index is 648. The third-order valence-electron chi connectivity index (χ3n) is 3.70. The van der Waals surface area contributed by atoms with E-state index in [0.717, 1.165) is 22.3 Å². The molecule has 0 aromatic heterocycles. The first-order chi connectivity index (χ1) is 10.2. The van der Waals surface area contributed by atoms with Gasteiger partial charge in [0.25, 0.3) is 0 Å². The van der Waals surface area contributed by atoms with E-state index < -0.39 is 6.09 Å². The molecule has 2 aromatic rings. The molecule has 3 heteroatoms. The highest BCUT2D eigenvalue weighted by Crippen LogP contribution is 2.44. The van der Waals surface area contributed by atoms with E-state index in [1.54, 1.807) is 6.08 Å². The molecule has 1 N–H and O–H groups in total. The molecule has 2 aromatic carbocycles. The van der Waals surface area contributed by atoms with Crippen molar-refractivity contribution in [1.29, 1.82) is 0 Å². The summed E-state index contributed by atoms with van der Waals surface area (Å²) < 4.78 is 5.64. The van der Waals surface area contributed by atoms with E-state index in [1.165, 1.54) is 0 Å². The molecule has 1 unspecified atom stereocenters. The Morgan fingerprint density at radius 3 is 2.19 bits per heavy atom. The fourth-order valence-electron chi connectivity index (χ4n) is 2.62. The van der Waals surface area contributed by atoms with Gasteiger partial charge in [0.15, 0.2) is 6.10 Å². The summed E-state index contributed by atoms with van der Waals surface area (Å²) in [6.45, 7) is 5.50. The van der Waals surface area contributed by atoms with Gasteiger partial charge >= 0.3 is 6.09 Å². The number of benzene rings is 2. The molecule has 1 aliphatic carbocycles. The molecule has 3 nitrogen and oxygen atoms in total. The first kappa shape index (κ1) is 13.4. The molecule has 1 aliphatic rings. The minimum atomic E-state index is -0.432. The SMILES string of the molecule is C=CC(C)NC(=O)OC1c2ccccc2-c2ccccc21. The molecule has 3 rings (SSSR count). The van der Waals surface area contributed by atoms with Crippen molar-refractivity contribution in [3.63, 3.8) is 0 Å². The van der Waals surface area contributed by atoms with Crippen LogP contribution < -0.4 is 5.32 Å². The second kappa shape index (κ2) is 5.44. The van der Waals surface area contributed by atoms with Crippen LogP contribution in [0.2, 0.25) is 0 Å². The highest BCUT2D eigenvalue weighted by Gasteiger charge is 2.31. The summed E-state index contributed by atoms with van der Waals surface area (Å²) >= 11 is 0. The second-order valence-corrected chi connectivity index (χ2v) is 5.13. The summed E-state index contributed by atoms with van der Waals surface area (Å²) in [5.74, 6) is 0. The average molecular weight is 279 g/mol. The van der Waals surface area contributed by atoms with Crippen molar-refractivity contribution in [3.8, 4) is 11.1 Å². The third-order valence-corrected chi connectivity index (χ3v) is 3.70. The summed E-state index contributed by atoms with van der Waals surface area (Å²) in [6, 6.07) is 15.9. The molecule has 0 saturated heterocycles. The number of hydrogen-bond acceptors (Lipinski definition) is 2. The number of carbonyl (C=O) groups is 1. The van der Waals surface area contributed by atoms with Crippen molar-refractivity contribution in [3.05, 3.63) is 72.3 Å². The van der Waals surface area contributed by atoms with E-state index in [-0.39, 0.29) is 12.1 Å². The normalized spacial score (nSPS) is 14.0. The lowest BCUT2D eigenvalue weighted by Crippen LogP contribution is -2.32. The zero-order chi connectivity index (χ0) is 14.8. The highest BCUT2D eigenvalue weighted by molar-refractivity contribution is 5.79. The first-order valence-electron chi connectivity index (χ1n) is 6.98. The van der Waals surface area contributed by atoms with E-state index in [9.17, 15) is 4.79 Å². The van der Waals surface area contributed by atoms with Gasteiger partial charge in [-0.1, -0.05) is 54.6 Å². The van der Waals surface area contributed by atoms with Gasteiger partial charge in [0.2, 0.25) is 0 Å². The quantitative estimate of drug-likeness (QED) is 0.860. The maximum absolute atomic E-state index is 12.0. The second-order valence-electron chi connectivity index (χ2n) is 5.13. The minimum Gasteiger partial charge on any atom is -0.436 e. The van der Waals surface area contributed by atoms with E-state index in [4.69, 9.17) is 4.74 Å². The van der Waals surface area contributed by atoms with Crippen molar-refractivity contribution in [2.75, 3.05) is 0 Å². The molecule has 0 aliphatic heterocycles. The fraction of sp³-hybridized carbons (Fsp3) is 0.167. The summed E-state index contributed by atoms with van der Waals surface area (Å²) in [7, 11) is 0. The van der Waals surface area contributed by atoms with Crippen LogP contribution in [0.25, 0.3) is 11.1 Å². The van der Waals surface area contributed by atoms with Crippen molar-refractivity contribution in [2.24, 2.45) is 0 Å². The molecule has 0 saturated carbocycles. The van der Waals surface area contributed by atoms with E-state index >= 15 is 0 Å². The first-order valence-corrected chi connectivity index (χ1v) is 6.98. The predicted molar refractivity (Wildman–Crippen MR) is 83.0 cm³/mol. The lowest BCUT2D eigenvalue weighted by atomic mass is 10.1. The number of hydrogen-bond donors (Lipinski definition) is 1. The van der Waals surface area contributed by atoms with Crippen LogP contribution in [0.5, 0.6) is 0 Å². The summed E-state index contributed by atoms with van der Waals surface area (Å²) in [5.41, 5.74) is 4.31. The van der Waals surface area contributed by atoms with Gasteiger partial charge in [0.1, 0.15) is 0 Å². The van der Waals surface area contributed by atoms with Crippen LogP contribution in [0, 0.1) is 0 Å². The van der Waals surface area contributed by atoms with Gasteiger partial charge in [-0.3, -0.25) is 0 Å². The van der Waals surface area contributed by atoms with Crippen LogP contribution in [-0.2, 0) is 4.74 Å². The molecule has 1 atom stereocenters. The van der Waals surface area contributed by atoms with Crippen LogP contribution >= 0.6 is 0 Å². The Morgan fingerprint density at radius 1 is 1.14 bits per heavy atom. The number of amides is 1. The van der Waals surface area contributed by atoms with Crippen LogP contribution in [0.4, 0.5) is 4.79 Å². The topological polar surface area (TPSA) is 38.3 Å². The molecule has 21 heavy (non-hydrogen) atoms. The van der Waals surface area contributed by atoms with Gasteiger partial charge in [0.05, 0.1) is 0 Å². The highest BCUT2D eigenvalue weighted by atomic mass is 16.6. The molecule has 0 bridgehead atoms. The van der Waals surface area contributed by atoms with E-state index in [1.807, 2.05) is 43.3 Å². The van der Waals surface area contributed by atoms with Gasteiger partial charge in [0, 0.05) is 17.2 Å². The van der Waals surface area contributed by atoms with Crippen molar-refractivity contribution < 1.29 is 9.53 Å². The van der Waals surface area contributed by atoms with Gasteiger partial charge < -0.3 is 10.1 Å². The number of carbonyl (C=O) groups excluding carboxylic acids is 1. The fourth-order valence-corrected chi connectivity index (χ4v) is 2.62. The number of fused-ring (bicyclic) bond motifs is 3. The summed E-state index contributed by atoms with van der Waals surface area (Å²) in [6.07, 6.45) is 0.881. The van der Waals surface area contributed by atoms with E-state index in [0.29, 0.717) is 0 Å². The van der Waals surface area contributed by atoms with Crippen LogP contribution in [0.1, 0.15) is 24.2 Å². The third kappa shape index (κ3) is 2.42.